The van der Waals surface area contributed by atoms with Gasteiger partial charge in [0.1, 0.15) is 5.75 Å². The average molecular weight is 375 g/mol. The summed E-state index contributed by atoms with van der Waals surface area (Å²) in [4.78, 5) is 0. The summed E-state index contributed by atoms with van der Waals surface area (Å²) in [6, 6.07) is 11.4. The molecule has 2 aromatic carbocycles. The highest BCUT2D eigenvalue weighted by Crippen LogP contribution is 2.28. The van der Waals surface area contributed by atoms with E-state index in [2.05, 4.69) is 21.2 Å². The first-order valence-corrected chi connectivity index (χ1v) is 7.75. The van der Waals surface area contributed by atoms with Gasteiger partial charge in [-0.15, -0.1) is 0 Å². The Hall–Kier alpha value is -0.900. The van der Waals surface area contributed by atoms with Crippen molar-refractivity contribution in [3.63, 3.8) is 0 Å². The van der Waals surface area contributed by atoms with Crippen molar-refractivity contribution in [3.05, 3.63) is 56.5 Å². The van der Waals surface area contributed by atoms with Crippen molar-refractivity contribution in [3.8, 4) is 5.75 Å². The van der Waals surface area contributed by atoms with Crippen LogP contribution < -0.4 is 10.1 Å². The number of benzene rings is 2. The van der Waals surface area contributed by atoms with Crippen LogP contribution in [0.4, 0.5) is 5.69 Å². The Morgan fingerprint density at radius 1 is 1.15 bits per heavy atom. The summed E-state index contributed by atoms with van der Waals surface area (Å²) in [7, 11) is 0. The molecule has 0 fully saturated rings. The Morgan fingerprint density at radius 2 is 1.95 bits per heavy atom. The number of rotatable bonds is 5. The molecule has 0 aliphatic heterocycles. The zero-order valence-electron chi connectivity index (χ0n) is 10.9. The average Bonchev–Trinajstić information content (AvgIpc) is 2.43. The normalized spacial score (nSPS) is 10.4. The molecule has 1 N–H and O–H groups in total. The summed E-state index contributed by atoms with van der Waals surface area (Å²) >= 11 is 15.7. The maximum absolute atomic E-state index is 6.15. The molecule has 0 aromatic heterocycles. The van der Waals surface area contributed by atoms with Crippen LogP contribution in [0.3, 0.4) is 0 Å². The highest BCUT2D eigenvalue weighted by molar-refractivity contribution is 9.10. The SMILES string of the molecule is CCOc1ccc(NCc2cc(Cl)ccc2Br)cc1Cl. The van der Waals surface area contributed by atoms with E-state index in [1.165, 1.54) is 0 Å². The van der Waals surface area contributed by atoms with Gasteiger partial charge in [-0.3, -0.25) is 0 Å². The molecule has 106 valence electrons. The largest absolute Gasteiger partial charge is 0.492 e. The van der Waals surface area contributed by atoms with Crippen LogP contribution in [0.2, 0.25) is 10.0 Å². The number of halogens is 3. The van der Waals surface area contributed by atoms with Crippen molar-refractivity contribution in [1.29, 1.82) is 0 Å². The number of ether oxygens (including phenoxy) is 1. The maximum atomic E-state index is 6.15. The van der Waals surface area contributed by atoms with Gasteiger partial charge in [0.25, 0.3) is 0 Å². The van der Waals surface area contributed by atoms with Crippen LogP contribution in [0.1, 0.15) is 12.5 Å². The Labute approximate surface area is 137 Å². The molecule has 0 unspecified atom stereocenters. The molecule has 2 aromatic rings. The van der Waals surface area contributed by atoms with Crippen LogP contribution >= 0.6 is 39.1 Å². The topological polar surface area (TPSA) is 21.3 Å². The number of hydrogen-bond donors (Lipinski definition) is 1. The highest BCUT2D eigenvalue weighted by atomic mass is 79.9. The van der Waals surface area contributed by atoms with Gasteiger partial charge in [-0.1, -0.05) is 39.1 Å². The summed E-state index contributed by atoms with van der Waals surface area (Å²) in [5.74, 6) is 0.698. The van der Waals surface area contributed by atoms with E-state index in [4.69, 9.17) is 27.9 Å². The fourth-order valence-electron chi connectivity index (χ4n) is 1.76. The standard InChI is InChI=1S/C15H14BrCl2NO/c1-2-20-15-6-4-12(8-14(15)18)19-9-10-7-11(17)3-5-13(10)16/h3-8,19H,2,9H2,1H3. The third-order valence-corrected chi connectivity index (χ3v) is 4.03. The summed E-state index contributed by atoms with van der Waals surface area (Å²) < 4.78 is 6.42. The Bertz CT molecular complexity index is 604. The molecule has 0 radical (unpaired) electrons. The molecule has 0 heterocycles. The van der Waals surface area contributed by atoms with E-state index in [1.807, 2.05) is 43.3 Å². The van der Waals surface area contributed by atoms with Crippen LogP contribution in [0.25, 0.3) is 0 Å². The lowest BCUT2D eigenvalue weighted by Gasteiger charge is -2.11. The fourth-order valence-corrected chi connectivity index (χ4v) is 2.58. The molecular formula is C15H14BrCl2NO. The van der Waals surface area contributed by atoms with Crippen molar-refractivity contribution < 1.29 is 4.74 Å². The van der Waals surface area contributed by atoms with Gasteiger partial charge >= 0.3 is 0 Å². The molecular weight excluding hydrogens is 361 g/mol. The summed E-state index contributed by atoms with van der Waals surface area (Å²) in [6.07, 6.45) is 0. The lowest BCUT2D eigenvalue weighted by molar-refractivity contribution is 0.340. The first-order chi connectivity index (χ1) is 9.60. The number of anilines is 1. The van der Waals surface area contributed by atoms with Crippen molar-refractivity contribution in [2.45, 2.75) is 13.5 Å². The molecule has 2 rings (SSSR count). The van der Waals surface area contributed by atoms with Crippen LogP contribution in [0, 0.1) is 0 Å². The minimum Gasteiger partial charge on any atom is -0.492 e. The van der Waals surface area contributed by atoms with Gasteiger partial charge in [0.2, 0.25) is 0 Å². The third kappa shape index (κ3) is 4.05. The van der Waals surface area contributed by atoms with E-state index >= 15 is 0 Å². The number of hydrogen-bond acceptors (Lipinski definition) is 2. The molecule has 0 aliphatic rings. The Balaban J connectivity index is 2.07. The monoisotopic (exact) mass is 373 g/mol. The van der Waals surface area contributed by atoms with E-state index in [0.717, 1.165) is 20.7 Å². The molecule has 0 aliphatic carbocycles. The summed E-state index contributed by atoms with van der Waals surface area (Å²) in [5, 5.41) is 4.63. The van der Waals surface area contributed by atoms with Crippen molar-refractivity contribution in [2.24, 2.45) is 0 Å². The quantitative estimate of drug-likeness (QED) is 0.717. The molecule has 20 heavy (non-hydrogen) atoms. The minimum absolute atomic E-state index is 0.599. The molecule has 2 nitrogen and oxygen atoms in total. The van der Waals surface area contributed by atoms with E-state index in [1.54, 1.807) is 0 Å². The molecule has 0 saturated carbocycles. The van der Waals surface area contributed by atoms with Gasteiger partial charge in [0.05, 0.1) is 11.6 Å². The third-order valence-electron chi connectivity index (χ3n) is 2.72. The Morgan fingerprint density at radius 3 is 2.65 bits per heavy atom. The van der Waals surface area contributed by atoms with Gasteiger partial charge in [0.15, 0.2) is 0 Å². The van der Waals surface area contributed by atoms with Gasteiger partial charge < -0.3 is 10.1 Å². The molecule has 0 amide bonds. The highest BCUT2D eigenvalue weighted by Gasteiger charge is 2.04. The number of nitrogens with one attached hydrogen (secondary N) is 1. The maximum Gasteiger partial charge on any atom is 0.138 e. The van der Waals surface area contributed by atoms with Gasteiger partial charge in [0, 0.05) is 21.7 Å². The second kappa shape index (κ2) is 7.21. The van der Waals surface area contributed by atoms with E-state index in [-0.39, 0.29) is 0 Å². The first kappa shape index (κ1) is 15.5. The van der Waals surface area contributed by atoms with Crippen molar-refractivity contribution in [1.82, 2.24) is 0 Å². The van der Waals surface area contributed by atoms with E-state index < -0.39 is 0 Å². The van der Waals surface area contributed by atoms with Crippen LogP contribution in [0.5, 0.6) is 5.75 Å². The van der Waals surface area contributed by atoms with Crippen molar-refractivity contribution >= 4 is 44.8 Å². The second-order valence-corrected chi connectivity index (χ2v) is 5.87. The predicted molar refractivity (Wildman–Crippen MR) is 89.1 cm³/mol. The minimum atomic E-state index is 0.599. The summed E-state index contributed by atoms with van der Waals surface area (Å²) in [5.41, 5.74) is 2.02. The van der Waals surface area contributed by atoms with Gasteiger partial charge in [-0.25, -0.2) is 0 Å². The zero-order chi connectivity index (χ0) is 14.5. The molecule has 0 bridgehead atoms. The predicted octanol–water partition coefficient (Wildman–Crippen LogP) is 5.77. The first-order valence-electron chi connectivity index (χ1n) is 6.20. The molecule has 0 saturated heterocycles. The van der Waals surface area contributed by atoms with Crippen LogP contribution in [0.15, 0.2) is 40.9 Å². The summed E-state index contributed by atoms with van der Waals surface area (Å²) in [6.45, 7) is 3.19. The van der Waals surface area contributed by atoms with E-state index in [0.29, 0.717) is 23.9 Å². The zero-order valence-corrected chi connectivity index (χ0v) is 14.0. The lowest BCUT2D eigenvalue weighted by Crippen LogP contribution is -2.01. The molecule has 0 atom stereocenters. The molecule has 5 heteroatoms. The fraction of sp³-hybridized carbons (Fsp3) is 0.200. The molecule has 0 spiro atoms. The van der Waals surface area contributed by atoms with E-state index in [9.17, 15) is 0 Å². The van der Waals surface area contributed by atoms with Gasteiger partial charge in [-0.05, 0) is 48.9 Å². The van der Waals surface area contributed by atoms with Gasteiger partial charge in [-0.2, -0.15) is 0 Å². The van der Waals surface area contributed by atoms with Crippen LogP contribution in [-0.4, -0.2) is 6.61 Å². The lowest BCUT2D eigenvalue weighted by atomic mass is 10.2. The smallest absolute Gasteiger partial charge is 0.138 e. The second-order valence-electron chi connectivity index (χ2n) is 4.17. The Kier molecular flexibility index (Phi) is 5.58. The van der Waals surface area contributed by atoms with Crippen molar-refractivity contribution in [2.75, 3.05) is 11.9 Å². The van der Waals surface area contributed by atoms with Crippen LogP contribution in [-0.2, 0) is 6.54 Å².